The first-order chi connectivity index (χ1) is 19.8. The molecule has 8 nitrogen and oxygen atoms in total. The second kappa shape index (κ2) is 12.7. The highest BCUT2D eigenvalue weighted by atomic mass is 35.5. The van der Waals surface area contributed by atoms with E-state index in [0.717, 1.165) is 27.6 Å². The van der Waals surface area contributed by atoms with Crippen LogP contribution in [0.25, 0.3) is 22.0 Å². The Morgan fingerprint density at radius 1 is 1.02 bits per heavy atom. The van der Waals surface area contributed by atoms with Gasteiger partial charge >= 0.3 is 0 Å². The molecular weight excluding hydrogens is 556 g/mol. The SMILES string of the molecule is CC1CN(C(=O)c2nc(-c3ccc(Cl)cc3)cs2)[C@@H](CCCN=C(N)N)CN1C(=O)Cc1ccc2ccccc2c1. The molecular formula is C31H33ClN6O2S. The summed E-state index contributed by atoms with van der Waals surface area (Å²) in [7, 11) is 0. The molecule has 1 aromatic heterocycles. The summed E-state index contributed by atoms with van der Waals surface area (Å²) in [6.07, 6.45) is 1.65. The van der Waals surface area contributed by atoms with Crippen molar-refractivity contribution < 1.29 is 9.59 Å². The van der Waals surface area contributed by atoms with Gasteiger partial charge in [-0.05, 0) is 48.2 Å². The van der Waals surface area contributed by atoms with E-state index in [2.05, 4.69) is 34.2 Å². The minimum absolute atomic E-state index is 0.0416. The average molecular weight is 589 g/mol. The molecule has 1 aliphatic rings. The molecule has 0 saturated carbocycles. The van der Waals surface area contributed by atoms with Crippen molar-refractivity contribution in [3.63, 3.8) is 0 Å². The molecule has 2 heterocycles. The lowest BCUT2D eigenvalue weighted by Crippen LogP contribution is -2.60. The number of carbonyl (C=O) groups is 2. The zero-order valence-corrected chi connectivity index (χ0v) is 24.4. The highest BCUT2D eigenvalue weighted by Gasteiger charge is 2.37. The number of guanidine groups is 1. The summed E-state index contributed by atoms with van der Waals surface area (Å²) in [5, 5.41) is 5.21. The van der Waals surface area contributed by atoms with Crippen LogP contribution in [-0.2, 0) is 11.2 Å². The number of thiazole rings is 1. The molecule has 3 aromatic carbocycles. The van der Waals surface area contributed by atoms with Crippen molar-refractivity contribution >= 4 is 51.5 Å². The molecule has 0 bridgehead atoms. The summed E-state index contributed by atoms with van der Waals surface area (Å²) >= 11 is 7.35. The monoisotopic (exact) mass is 588 g/mol. The van der Waals surface area contributed by atoms with Gasteiger partial charge in [-0.2, -0.15) is 0 Å². The number of rotatable bonds is 8. The third kappa shape index (κ3) is 6.86. The minimum atomic E-state index is -0.184. The number of aliphatic imine (C=N–C) groups is 1. The molecule has 5 rings (SSSR count). The molecule has 1 aliphatic heterocycles. The summed E-state index contributed by atoms with van der Waals surface area (Å²) in [6.45, 7) is 3.32. The Bertz CT molecular complexity index is 1570. The number of amides is 2. The molecule has 4 aromatic rings. The van der Waals surface area contributed by atoms with E-state index in [1.807, 2.05) is 52.4 Å². The summed E-state index contributed by atoms with van der Waals surface area (Å²) in [5.74, 6) is -0.0381. The van der Waals surface area contributed by atoms with Crippen molar-refractivity contribution in [2.24, 2.45) is 16.5 Å². The topological polar surface area (TPSA) is 118 Å². The number of aromatic nitrogens is 1. The Kier molecular flexibility index (Phi) is 8.85. The highest BCUT2D eigenvalue weighted by molar-refractivity contribution is 7.12. The smallest absolute Gasteiger partial charge is 0.283 e. The number of fused-ring (bicyclic) bond motifs is 1. The van der Waals surface area contributed by atoms with Crippen LogP contribution in [0.1, 0.15) is 35.1 Å². The van der Waals surface area contributed by atoms with Gasteiger partial charge in [0, 0.05) is 47.7 Å². The number of nitrogens with zero attached hydrogens (tertiary/aromatic N) is 4. The first-order valence-corrected chi connectivity index (χ1v) is 14.9. The number of carbonyl (C=O) groups excluding carboxylic acids is 2. The maximum atomic E-state index is 13.8. The molecule has 0 radical (unpaired) electrons. The predicted octanol–water partition coefficient (Wildman–Crippen LogP) is 4.95. The number of hydrogen-bond acceptors (Lipinski definition) is 5. The van der Waals surface area contributed by atoms with Crippen LogP contribution >= 0.6 is 22.9 Å². The summed E-state index contributed by atoms with van der Waals surface area (Å²) in [5.41, 5.74) is 13.6. The second-order valence-corrected chi connectivity index (χ2v) is 11.7. The molecule has 1 unspecified atom stereocenters. The largest absolute Gasteiger partial charge is 0.370 e. The molecule has 1 saturated heterocycles. The van der Waals surface area contributed by atoms with E-state index in [1.54, 1.807) is 12.1 Å². The van der Waals surface area contributed by atoms with Crippen LogP contribution in [0.4, 0.5) is 0 Å². The normalized spacial score (nSPS) is 17.0. The third-order valence-corrected chi connectivity index (χ3v) is 8.49. The van der Waals surface area contributed by atoms with Gasteiger partial charge in [0.1, 0.15) is 0 Å². The van der Waals surface area contributed by atoms with Crippen LogP contribution < -0.4 is 11.5 Å². The molecule has 212 valence electrons. The summed E-state index contributed by atoms with van der Waals surface area (Å²) in [6, 6.07) is 21.3. The van der Waals surface area contributed by atoms with Gasteiger partial charge in [-0.3, -0.25) is 14.6 Å². The van der Waals surface area contributed by atoms with Gasteiger partial charge in [0.15, 0.2) is 11.0 Å². The van der Waals surface area contributed by atoms with E-state index in [-0.39, 0.29) is 29.9 Å². The molecule has 4 N–H and O–H groups in total. The van der Waals surface area contributed by atoms with Crippen molar-refractivity contribution in [3.8, 4) is 11.3 Å². The first-order valence-electron chi connectivity index (χ1n) is 13.6. The molecule has 10 heteroatoms. The molecule has 2 atom stereocenters. The molecule has 0 spiro atoms. The summed E-state index contributed by atoms with van der Waals surface area (Å²) in [4.78, 5) is 39.8. The van der Waals surface area contributed by atoms with Crippen molar-refractivity contribution in [2.45, 2.75) is 38.3 Å². The van der Waals surface area contributed by atoms with Gasteiger partial charge in [0.25, 0.3) is 5.91 Å². The minimum Gasteiger partial charge on any atom is -0.370 e. The van der Waals surface area contributed by atoms with E-state index in [0.29, 0.717) is 48.9 Å². The fraction of sp³-hybridized carbons (Fsp3) is 0.290. The van der Waals surface area contributed by atoms with E-state index >= 15 is 0 Å². The van der Waals surface area contributed by atoms with Gasteiger partial charge in [0.2, 0.25) is 5.91 Å². The Morgan fingerprint density at radius 3 is 2.54 bits per heavy atom. The van der Waals surface area contributed by atoms with Gasteiger partial charge < -0.3 is 21.3 Å². The predicted molar refractivity (Wildman–Crippen MR) is 166 cm³/mol. The van der Waals surface area contributed by atoms with Crippen LogP contribution in [0.3, 0.4) is 0 Å². The number of halogens is 1. The fourth-order valence-corrected chi connectivity index (χ4v) is 6.20. The lowest BCUT2D eigenvalue weighted by Gasteiger charge is -2.45. The number of hydrogen-bond donors (Lipinski definition) is 2. The van der Waals surface area contributed by atoms with Gasteiger partial charge in [-0.15, -0.1) is 11.3 Å². The molecule has 1 fully saturated rings. The van der Waals surface area contributed by atoms with E-state index in [4.69, 9.17) is 23.1 Å². The zero-order chi connectivity index (χ0) is 28.9. The maximum absolute atomic E-state index is 13.8. The van der Waals surface area contributed by atoms with Crippen LogP contribution in [0.2, 0.25) is 5.02 Å². The third-order valence-electron chi connectivity index (χ3n) is 7.41. The van der Waals surface area contributed by atoms with E-state index < -0.39 is 0 Å². The van der Waals surface area contributed by atoms with E-state index in [9.17, 15) is 9.59 Å². The Morgan fingerprint density at radius 2 is 1.78 bits per heavy atom. The lowest BCUT2D eigenvalue weighted by molar-refractivity contribution is -0.136. The summed E-state index contributed by atoms with van der Waals surface area (Å²) < 4.78 is 0. The van der Waals surface area contributed by atoms with Crippen molar-refractivity contribution in [1.82, 2.24) is 14.8 Å². The zero-order valence-electron chi connectivity index (χ0n) is 22.9. The van der Waals surface area contributed by atoms with Crippen molar-refractivity contribution in [2.75, 3.05) is 19.6 Å². The quantitative estimate of drug-likeness (QED) is 0.171. The second-order valence-electron chi connectivity index (χ2n) is 10.4. The number of piperazine rings is 1. The molecule has 2 amide bonds. The average Bonchev–Trinajstić information content (AvgIpc) is 3.46. The first kappa shape index (κ1) is 28.6. The van der Waals surface area contributed by atoms with Gasteiger partial charge in [-0.1, -0.05) is 66.2 Å². The Labute approximate surface area is 248 Å². The molecule has 0 aliphatic carbocycles. The van der Waals surface area contributed by atoms with Crippen LogP contribution in [0, 0.1) is 0 Å². The highest BCUT2D eigenvalue weighted by Crippen LogP contribution is 2.27. The maximum Gasteiger partial charge on any atom is 0.283 e. The fourth-order valence-electron chi connectivity index (χ4n) is 5.29. The van der Waals surface area contributed by atoms with Gasteiger partial charge in [0.05, 0.1) is 12.1 Å². The standard InChI is InChI=1S/C31H33ClN6O2S/c1-20-17-38(30(40)29-36-27(19-41-29)23-10-12-25(32)13-11-23)26(7-4-14-35-31(33)34)18-37(20)28(39)16-21-8-9-22-5-2-3-6-24(22)15-21/h2-3,5-6,8-13,15,19-20,26H,4,7,14,16-18H2,1H3,(H4,33,34,35)/t20?,26-/m0/s1. The Balaban J connectivity index is 1.33. The van der Waals surface area contributed by atoms with Crippen molar-refractivity contribution in [3.05, 3.63) is 87.7 Å². The number of benzene rings is 3. The Hall–Kier alpha value is -3.95. The van der Waals surface area contributed by atoms with Crippen LogP contribution in [0.15, 0.2) is 77.1 Å². The van der Waals surface area contributed by atoms with Crippen molar-refractivity contribution in [1.29, 1.82) is 0 Å². The van der Waals surface area contributed by atoms with Crippen LogP contribution in [0.5, 0.6) is 0 Å². The van der Waals surface area contributed by atoms with Crippen LogP contribution in [-0.4, -0.2) is 64.3 Å². The van der Waals surface area contributed by atoms with Gasteiger partial charge in [-0.25, -0.2) is 4.98 Å². The molecule has 41 heavy (non-hydrogen) atoms. The van der Waals surface area contributed by atoms with E-state index in [1.165, 1.54) is 11.3 Å². The lowest BCUT2D eigenvalue weighted by atomic mass is 10.0. The number of nitrogens with two attached hydrogens (primary N) is 2.